The molecule has 1 aromatic rings. The third-order valence-corrected chi connectivity index (χ3v) is 2.12. The van der Waals surface area contributed by atoms with E-state index in [0.29, 0.717) is 0 Å². The number of halogens is 3. The second kappa shape index (κ2) is 5.01. The first kappa shape index (κ1) is 11.8. The molecule has 0 aliphatic carbocycles. The van der Waals surface area contributed by atoms with Gasteiger partial charge < -0.3 is 0 Å². The van der Waals surface area contributed by atoms with Crippen molar-refractivity contribution in [2.45, 2.75) is 25.9 Å². The molecule has 15 heavy (non-hydrogen) atoms. The summed E-state index contributed by atoms with van der Waals surface area (Å²) in [6.07, 6.45) is 1.34. The molecule has 1 aromatic carbocycles. The zero-order chi connectivity index (χ0) is 11.3. The third-order valence-electron chi connectivity index (χ3n) is 2.12. The standard InChI is InChI=1S/C12H13F3/c1-2-3-4-5-10-6-8-11(9-7-10)12(13,14)15/h2-3,6-9H,4-5H2,1H3. The summed E-state index contributed by atoms with van der Waals surface area (Å²) in [7, 11) is 0. The Balaban J connectivity index is 2.64. The molecule has 0 unspecified atom stereocenters. The minimum absolute atomic E-state index is 0.586. The van der Waals surface area contributed by atoms with Gasteiger partial charge in [-0.15, -0.1) is 0 Å². The van der Waals surface area contributed by atoms with Crippen molar-refractivity contribution >= 4 is 0 Å². The minimum Gasteiger partial charge on any atom is -0.166 e. The molecule has 0 saturated carbocycles. The predicted octanol–water partition coefficient (Wildman–Crippen LogP) is 4.21. The van der Waals surface area contributed by atoms with Gasteiger partial charge in [-0.3, -0.25) is 0 Å². The van der Waals surface area contributed by atoms with Gasteiger partial charge in [0.15, 0.2) is 0 Å². The van der Waals surface area contributed by atoms with Crippen molar-refractivity contribution in [1.29, 1.82) is 0 Å². The first-order valence-electron chi connectivity index (χ1n) is 4.81. The van der Waals surface area contributed by atoms with Crippen LogP contribution in [0.3, 0.4) is 0 Å². The highest BCUT2D eigenvalue weighted by Crippen LogP contribution is 2.29. The van der Waals surface area contributed by atoms with Crippen LogP contribution in [0.25, 0.3) is 0 Å². The first-order valence-corrected chi connectivity index (χ1v) is 4.81. The Morgan fingerprint density at radius 3 is 2.20 bits per heavy atom. The number of hydrogen-bond acceptors (Lipinski definition) is 0. The molecule has 0 spiro atoms. The third kappa shape index (κ3) is 3.78. The van der Waals surface area contributed by atoms with Gasteiger partial charge in [0.25, 0.3) is 0 Å². The second-order valence-corrected chi connectivity index (χ2v) is 3.30. The van der Waals surface area contributed by atoms with E-state index in [-0.39, 0.29) is 0 Å². The normalized spacial score (nSPS) is 12.3. The molecular weight excluding hydrogens is 201 g/mol. The Hall–Kier alpha value is -1.25. The summed E-state index contributed by atoms with van der Waals surface area (Å²) in [5.41, 5.74) is 0.346. The number of allylic oxidation sites excluding steroid dienone is 2. The van der Waals surface area contributed by atoms with Crippen LogP contribution in [-0.2, 0) is 12.6 Å². The minimum atomic E-state index is -4.23. The fraction of sp³-hybridized carbons (Fsp3) is 0.333. The quantitative estimate of drug-likeness (QED) is 0.661. The second-order valence-electron chi connectivity index (χ2n) is 3.30. The van der Waals surface area contributed by atoms with Crippen molar-refractivity contribution in [2.75, 3.05) is 0 Å². The molecule has 0 amide bonds. The summed E-state index contributed by atoms with van der Waals surface area (Å²) in [6.45, 7) is 1.92. The maximum Gasteiger partial charge on any atom is 0.416 e. The average Bonchev–Trinajstić information content (AvgIpc) is 2.18. The van der Waals surface area contributed by atoms with Crippen molar-refractivity contribution in [3.05, 3.63) is 47.5 Å². The summed E-state index contributed by atoms with van der Waals surface area (Å²) in [6, 6.07) is 5.33. The molecule has 0 radical (unpaired) electrons. The Bertz CT molecular complexity index is 320. The SMILES string of the molecule is CC=CCCc1ccc(C(F)(F)F)cc1. The molecule has 3 heteroatoms. The lowest BCUT2D eigenvalue weighted by Gasteiger charge is -2.06. The number of hydrogen-bond donors (Lipinski definition) is 0. The maximum atomic E-state index is 12.2. The van der Waals surface area contributed by atoms with E-state index in [1.807, 2.05) is 19.1 Å². The maximum absolute atomic E-state index is 12.2. The smallest absolute Gasteiger partial charge is 0.166 e. The molecule has 0 nitrogen and oxygen atoms in total. The van der Waals surface area contributed by atoms with E-state index in [9.17, 15) is 13.2 Å². The summed E-state index contributed by atoms with van der Waals surface area (Å²) in [5, 5.41) is 0. The summed E-state index contributed by atoms with van der Waals surface area (Å²) in [4.78, 5) is 0. The van der Waals surface area contributed by atoms with E-state index < -0.39 is 11.7 Å². The molecule has 0 bridgehead atoms. The lowest BCUT2D eigenvalue weighted by molar-refractivity contribution is -0.137. The lowest BCUT2D eigenvalue weighted by atomic mass is 10.1. The predicted molar refractivity (Wildman–Crippen MR) is 54.6 cm³/mol. The largest absolute Gasteiger partial charge is 0.416 e. The lowest BCUT2D eigenvalue weighted by Crippen LogP contribution is -2.04. The van der Waals surface area contributed by atoms with Crippen LogP contribution >= 0.6 is 0 Å². The van der Waals surface area contributed by atoms with E-state index in [1.165, 1.54) is 12.1 Å². The van der Waals surface area contributed by atoms with E-state index >= 15 is 0 Å². The highest BCUT2D eigenvalue weighted by atomic mass is 19.4. The molecular formula is C12H13F3. The summed E-state index contributed by atoms with van der Waals surface area (Å²) >= 11 is 0. The van der Waals surface area contributed by atoms with E-state index in [0.717, 1.165) is 30.5 Å². The zero-order valence-electron chi connectivity index (χ0n) is 8.51. The van der Waals surface area contributed by atoms with Gasteiger partial charge in [0, 0.05) is 0 Å². The van der Waals surface area contributed by atoms with Crippen molar-refractivity contribution in [3.8, 4) is 0 Å². The van der Waals surface area contributed by atoms with Crippen LogP contribution in [0.4, 0.5) is 13.2 Å². The van der Waals surface area contributed by atoms with Crippen LogP contribution in [0.5, 0.6) is 0 Å². The highest BCUT2D eigenvalue weighted by Gasteiger charge is 2.29. The molecule has 0 aliphatic heterocycles. The Morgan fingerprint density at radius 1 is 1.13 bits per heavy atom. The monoisotopic (exact) mass is 214 g/mol. The van der Waals surface area contributed by atoms with Gasteiger partial charge in [-0.2, -0.15) is 13.2 Å². The summed E-state index contributed by atoms with van der Waals surface area (Å²) in [5.74, 6) is 0. The average molecular weight is 214 g/mol. The van der Waals surface area contributed by atoms with Crippen LogP contribution in [0.1, 0.15) is 24.5 Å². The van der Waals surface area contributed by atoms with Gasteiger partial charge in [-0.1, -0.05) is 24.3 Å². The molecule has 0 saturated heterocycles. The van der Waals surface area contributed by atoms with Crippen LogP contribution in [-0.4, -0.2) is 0 Å². The Kier molecular flexibility index (Phi) is 3.95. The molecule has 0 aliphatic rings. The molecule has 0 N–H and O–H groups in total. The fourth-order valence-corrected chi connectivity index (χ4v) is 1.28. The van der Waals surface area contributed by atoms with Crippen molar-refractivity contribution in [2.24, 2.45) is 0 Å². The molecule has 0 heterocycles. The van der Waals surface area contributed by atoms with Crippen LogP contribution in [0, 0.1) is 0 Å². The highest BCUT2D eigenvalue weighted by molar-refractivity contribution is 5.24. The van der Waals surface area contributed by atoms with Gasteiger partial charge in [0.05, 0.1) is 5.56 Å². The van der Waals surface area contributed by atoms with Gasteiger partial charge in [0.1, 0.15) is 0 Å². The number of benzene rings is 1. The number of aryl methyl sites for hydroxylation is 1. The molecule has 0 atom stereocenters. The molecule has 1 rings (SSSR count). The van der Waals surface area contributed by atoms with Crippen molar-refractivity contribution in [1.82, 2.24) is 0 Å². The van der Waals surface area contributed by atoms with Gasteiger partial charge in [-0.25, -0.2) is 0 Å². The van der Waals surface area contributed by atoms with Gasteiger partial charge in [0.2, 0.25) is 0 Å². The van der Waals surface area contributed by atoms with Crippen molar-refractivity contribution in [3.63, 3.8) is 0 Å². The van der Waals surface area contributed by atoms with Gasteiger partial charge in [-0.05, 0) is 37.5 Å². The molecule has 0 fully saturated rings. The van der Waals surface area contributed by atoms with Gasteiger partial charge >= 0.3 is 6.18 Å². The number of rotatable bonds is 3. The van der Waals surface area contributed by atoms with E-state index in [1.54, 1.807) is 0 Å². The molecule has 82 valence electrons. The topological polar surface area (TPSA) is 0 Å². The van der Waals surface area contributed by atoms with Crippen LogP contribution < -0.4 is 0 Å². The van der Waals surface area contributed by atoms with Crippen LogP contribution in [0.2, 0.25) is 0 Å². The van der Waals surface area contributed by atoms with E-state index in [2.05, 4.69) is 0 Å². The van der Waals surface area contributed by atoms with Crippen LogP contribution in [0.15, 0.2) is 36.4 Å². The van der Waals surface area contributed by atoms with Crippen molar-refractivity contribution < 1.29 is 13.2 Å². The Labute approximate surface area is 87.4 Å². The fourth-order valence-electron chi connectivity index (χ4n) is 1.28. The first-order chi connectivity index (χ1) is 7.04. The number of alkyl halides is 3. The van der Waals surface area contributed by atoms with E-state index in [4.69, 9.17) is 0 Å². The summed E-state index contributed by atoms with van der Waals surface area (Å²) < 4.78 is 36.6. The zero-order valence-corrected chi connectivity index (χ0v) is 8.51. The Morgan fingerprint density at radius 2 is 1.73 bits per heavy atom. The molecule has 0 aromatic heterocycles.